The molecule has 20 heavy (non-hydrogen) atoms. The van der Waals surface area contributed by atoms with Crippen molar-refractivity contribution >= 4 is 17.9 Å². The van der Waals surface area contributed by atoms with Crippen molar-refractivity contribution in [2.45, 2.75) is 38.0 Å². The average molecular weight is 293 g/mol. The summed E-state index contributed by atoms with van der Waals surface area (Å²) in [5.41, 5.74) is 0. The van der Waals surface area contributed by atoms with Crippen molar-refractivity contribution in [3.8, 4) is 0 Å². The number of aliphatic hydroxyl groups excluding tert-OH is 2. The molecule has 9 heteroatoms. The molecule has 1 rings (SSSR count). The normalized spacial score (nSPS) is 24.8. The molecule has 0 aromatic rings. The molecule has 4 atom stereocenters. The molecule has 6 N–H and O–H groups in total. The fraction of sp³-hybridized carbons (Fsp3) is 0.727. The molecule has 0 radical (unpaired) electrons. The Morgan fingerprint density at radius 2 is 1.50 bits per heavy atom. The Balaban J connectivity index is 0.000000361. The van der Waals surface area contributed by atoms with Crippen molar-refractivity contribution < 1.29 is 39.9 Å². The van der Waals surface area contributed by atoms with E-state index in [1.54, 1.807) is 0 Å². The van der Waals surface area contributed by atoms with Crippen LogP contribution in [0.3, 0.4) is 0 Å². The number of rotatable bonds is 4. The first-order valence-electron chi connectivity index (χ1n) is 5.94. The average Bonchev–Trinajstić information content (AvgIpc) is 2.37. The predicted octanol–water partition coefficient (Wildman–Crippen LogP) is -1.66. The fourth-order valence-corrected chi connectivity index (χ4v) is 1.57. The third-order valence-electron chi connectivity index (χ3n) is 2.77. The standard InChI is InChI=1S/C7H13NO2.C4H6O6/c1-5-2-3-8-6(4-5)7(9)10;5-1(3(7)8)2(6)4(9)10/h5-6,8H,2-4H2,1H3,(H,9,10);1-2,5-6H,(H,7,8)(H,9,10)/t5-,6-;1-,2-/m11/s1. The molecule has 0 aromatic heterocycles. The first-order valence-corrected chi connectivity index (χ1v) is 5.94. The lowest BCUT2D eigenvalue weighted by Crippen LogP contribution is -2.42. The van der Waals surface area contributed by atoms with Gasteiger partial charge in [-0.3, -0.25) is 4.79 Å². The Hall–Kier alpha value is -1.71. The minimum atomic E-state index is -2.27. The van der Waals surface area contributed by atoms with Crippen LogP contribution in [0.15, 0.2) is 0 Å². The van der Waals surface area contributed by atoms with E-state index in [1.165, 1.54) is 0 Å². The van der Waals surface area contributed by atoms with Gasteiger partial charge in [-0.25, -0.2) is 9.59 Å². The smallest absolute Gasteiger partial charge is 0.335 e. The Kier molecular flexibility index (Phi) is 7.74. The van der Waals surface area contributed by atoms with Gasteiger partial charge >= 0.3 is 17.9 Å². The van der Waals surface area contributed by atoms with E-state index >= 15 is 0 Å². The van der Waals surface area contributed by atoms with Crippen LogP contribution in [0.5, 0.6) is 0 Å². The molecule has 1 fully saturated rings. The Labute approximate surface area is 114 Å². The zero-order valence-corrected chi connectivity index (χ0v) is 10.9. The van der Waals surface area contributed by atoms with Gasteiger partial charge in [-0.2, -0.15) is 0 Å². The van der Waals surface area contributed by atoms with Crippen molar-refractivity contribution in [3.05, 3.63) is 0 Å². The summed E-state index contributed by atoms with van der Waals surface area (Å²) in [5.74, 6) is -3.70. The van der Waals surface area contributed by atoms with Crippen LogP contribution in [0.1, 0.15) is 19.8 Å². The summed E-state index contributed by atoms with van der Waals surface area (Å²) in [6.07, 6.45) is -2.66. The number of nitrogens with one attached hydrogen (secondary N) is 1. The summed E-state index contributed by atoms with van der Waals surface area (Å²) in [5, 5.41) is 44.1. The second-order valence-electron chi connectivity index (χ2n) is 4.54. The van der Waals surface area contributed by atoms with Gasteiger partial charge in [0.2, 0.25) is 0 Å². The zero-order chi connectivity index (χ0) is 15.9. The van der Waals surface area contributed by atoms with Gasteiger partial charge in [0, 0.05) is 0 Å². The summed E-state index contributed by atoms with van der Waals surface area (Å²) in [7, 11) is 0. The lowest BCUT2D eigenvalue weighted by molar-refractivity contribution is -0.165. The molecular weight excluding hydrogens is 274 g/mol. The predicted molar refractivity (Wildman–Crippen MR) is 65.1 cm³/mol. The molecule has 0 aromatic carbocycles. The van der Waals surface area contributed by atoms with Crippen LogP contribution < -0.4 is 5.32 Å². The Bertz CT molecular complexity index is 340. The molecule has 1 heterocycles. The van der Waals surface area contributed by atoms with E-state index in [1.807, 2.05) is 0 Å². The number of carboxylic acid groups (broad SMARTS) is 3. The third kappa shape index (κ3) is 6.45. The third-order valence-corrected chi connectivity index (χ3v) is 2.77. The quantitative estimate of drug-likeness (QED) is 0.355. The van der Waals surface area contributed by atoms with E-state index in [4.69, 9.17) is 25.5 Å². The van der Waals surface area contributed by atoms with E-state index < -0.39 is 30.1 Å². The Morgan fingerprint density at radius 1 is 1.05 bits per heavy atom. The highest BCUT2D eigenvalue weighted by molar-refractivity contribution is 5.83. The summed E-state index contributed by atoms with van der Waals surface area (Å²) in [4.78, 5) is 30.0. The topological polar surface area (TPSA) is 164 Å². The van der Waals surface area contributed by atoms with E-state index in [9.17, 15) is 14.4 Å². The van der Waals surface area contributed by atoms with E-state index in [0.717, 1.165) is 19.4 Å². The number of aliphatic carboxylic acids is 3. The molecule has 0 aliphatic carbocycles. The Morgan fingerprint density at radius 3 is 1.75 bits per heavy atom. The van der Waals surface area contributed by atoms with Gasteiger partial charge in [0.15, 0.2) is 12.2 Å². The van der Waals surface area contributed by atoms with Crippen LogP contribution in [0.4, 0.5) is 0 Å². The maximum atomic E-state index is 10.4. The van der Waals surface area contributed by atoms with Crippen LogP contribution in [-0.2, 0) is 14.4 Å². The van der Waals surface area contributed by atoms with Gasteiger partial charge in [-0.15, -0.1) is 0 Å². The number of hydrogen-bond donors (Lipinski definition) is 6. The summed E-state index contributed by atoms with van der Waals surface area (Å²) in [6, 6.07) is -0.302. The second-order valence-corrected chi connectivity index (χ2v) is 4.54. The van der Waals surface area contributed by atoms with Crippen LogP contribution in [0.2, 0.25) is 0 Å². The van der Waals surface area contributed by atoms with Crippen molar-refractivity contribution in [3.63, 3.8) is 0 Å². The van der Waals surface area contributed by atoms with Crippen molar-refractivity contribution in [1.29, 1.82) is 0 Å². The van der Waals surface area contributed by atoms with Crippen LogP contribution in [0, 0.1) is 5.92 Å². The first-order chi connectivity index (χ1) is 9.16. The van der Waals surface area contributed by atoms with Gasteiger partial charge in [0.25, 0.3) is 0 Å². The number of hydrogen-bond acceptors (Lipinski definition) is 6. The SMILES string of the molecule is C[C@@H]1CCN[C@@H](C(=O)O)C1.O=C(O)[C@H](O)[C@@H](O)C(=O)O. The fourth-order valence-electron chi connectivity index (χ4n) is 1.57. The van der Waals surface area contributed by atoms with Gasteiger partial charge in [-0.1, -0.05) is 6.92 Å². The molecule has 1 saturated heterocycles. The largest absolute Gasteiger partial charge is 0.480 e. The van der Waals surface area contributed by atoms with Gasteiger partial charge in [-0.05, 0) is 25.3 Å². The maximum Gasteiger partial charge on any atom is 0.335 e. The lowest BCUT2D eigenvalue weighted by atomic mass is 9.94. The number of aliphatic hydroxyl groups is 2. The molecule has 9 nitrogen and oxygen atoms in total. The van der Waals surface area contributed by atoms with E-state index in [2.05, 4.69) is 12.2 Å². The van der Waals surface area contributed by atoms with Crippen molar-refractivity contribution in [1.82, 2.24) is 5.32 Å². The first kappa shape index (κ1) is 18.3. The molecule has 116 valence electrons. The summed E-state index contributed by atoms with van der Waals surface area (Å²) >= 11 is 0. The summed E-state index contributed by atoms with van der Waals surface area (Å²) in [6.45, 7) is 2.94. The highest BCUT2D eigenvalue weighted by Gasteiger charge is 2.29. The summed E-state index contributed by atoms with van der Waals surface area (Å²) < 4.78 is 0. The molecule has 0 bridgehead atoms. The second kappa shape index (κ2) is 8.46. The van der Waals surface area contributed by atoms with Gasteiger partial charge in [0.1, 0.15) is 6.04 Å². The van der Waals surface area contributed by atoms with Crippen molar-refractivity contribution in [2.24, 2.45) is 5.92 Å². The minimum Gasteiger partial charge on any atom is -0.480 e. The molecule has 0 saturated carbocycles. The van der Waals surface area contributed by atoms with Gasteiger partial charge in [0.05, 0.1) is 0 Å². The highest BCUT2D eigenvalue weighted by Crippen LogP contribution is 2.14. The van der Waals surface area contributed by atoms with Crippen molar-refractivity contribution in [2.75, 3.05) is 6.54 Å². The number of carbonyl (C=O) groups is 3. The van der Waals surface area contributed by atoms with Crippen LogP contribution >= 0.6 is 0 Å². The zero-order valence-electron chi connectivity index (χ0n) is 10.9. The molecule has 1 aliphatic heterocycles. The van der Waals surface area contributed by atoms with Crippen LogP contribution in [-0.4, -0.2) is 68.2 Å². The van der Waals surface area contributed by atoms with E-state index in [0.29, 0.717) is 5.92 Å². The molecule has 0 amide bonds. The highest BCUT2D eigenvalue weighted by atomic mass is 16.4. The number of carboxylic acids is 3. The molecule has 1 aliphatic rings. The minimum absolute atomic E-state index is 0.302. The molecule has 0 unspecified atom stereocenters. The maximum absolute atomic E-state index is 10.4. The van der Waals surface area contributed by atoms with Crippen LogP contribution in [0.25, 0.3) is 0 Å². The van der Waals surface area contributed by atoms with Gasteiger partial charge < -0.3 is 30.8 Å². The van der Waals surface area contributed by atoms with E-state index in [-0.39, 0.29) is 6.04 Å². The molecular formula is C11H19NO8. The molecule has 0 spiro atoms. The monoisotopic (exact) mass is 293 g/mol. The number of piperidine rings is 1. The lowest BCUT2D eigenvalue weighted by Gasteiger charge is -2.24.